The molecule has 0 atom stereocenters. The summed E-state index contributed by atoms with van der Waals surface area (Å²) in [5.41, 5.74) is 0. The van der Waals surface area contributed by atoms with Crippen LogP contribution in [0.3, 0.4) is 0 Å². The molecule has 0 N–H and O–H groups in total. The van der Waals surface area contributed by atoms with Crippen molar-refractivity contribution in [2.75, 3.05) is 0 Å². The van der Waals surface area contributed by atoms with Crippen molar-refractivity contribution >= 4 is 54.0 Å². The second-order valence-electron chi connectivity index (χ2n) is 7.80. The first-order valence-corrected chi connectivity index (χ1v) is 21.7. The molecule has 0 aromatic rings. The van der Waals surface area contributed by atoms with Gasteiger partial charge in [0.1, 0.15) is 0 Å². The van der Waals surface area contributed by atoms with Gasteiger partial charge < -0.3 is 8.23 Å². The van der Waals surface area contributed by atoms with Gasteiger partial charge in [-0.05, 0) is 64.0 Å². The van der Waals surface area contributed by atoms with Crippen LogP contribution in [0.4, 0.5) is 0 Å². The van der Waals surface area contributed by atoms with Crippen LogP contribution in [0.2, 0.25) is 64.0 Å². The zero-order chi connectivity index (χ0) is 16.9. The summed E-state index contributed by atoms with van der Waals surface area (Å²) in [7, 11) is -5.43. The average Bonchev–Trinajstić information content (AvgIpc) is 2.20. The highest BCUT2D eigenvalue weighted by Gasteiger charge is 2.40. The van der Waals surface area contributed by atoms with E-state index in [-0.39, 0.29) is 0 Å². The predicted octanol–water partition coefficient (Wildman–Crippen LogP) is 6.48. The van der Waals surface area contributed by atoms with Gasteiger partial charge in [0.25, 0.3) is 0 Å². The molecule has 0 aliphatic rings. The summed E-state index contributed by atoms with van der Waals surface area (Å²) in [6.45, 7) is 15.7. The van der Waals surface area contributed by atoms with Gasteiger partial charge >= 0.3 is 8.56 Å². The van der Waals surface area contributed by atoms with E-state index >= 15 is 0 Å². The average molecular weight is 406 g/mol. The van der Waals surface area contributed by atoms with E-state index in [0.29, 0.717) is 0 Å². The van der Waals surface area contributed by atoms with Gasteiger partial charge in [0.05, 0.1) is 0 Å². The minimum Gasteiger partial charge on any atom is -0.437 e. The third-order valence-electron chi connectivity index (χ3n) is 3.34. The van der Waals surface area contributed by atoms with Crippen molar-refractivity contribution in [2.24, 2.45) is 0 Å². The molecule has 0 aromatic carbocycles. The quantitative estimate of drug-likeness (QED) is 0.306. The van der Waals surface area contributed by atoms with E-state index in [1.165, 1.54) is 18.9 Å². The Morgan fingerprint density at radius 1 is 0.714 bits per heavy atom. The van der Waals surface area contributed by atoms with Crippen molar-refractivity contribution in [2.45, 2.75) is 83.7 Å². The standard InChI is InChI=1S/C13H34Cl2O2Si4/c1-9-10-11-18(2,3)16-20(6,7)17-19(4,5)12-13-21(8,14)15/h9-13H2,1-8H3. The molecule has 2 nitrogen and oxygen atoms in total. The fourth-order valence-electron chi connectivity index (χ4n) is 2.58. The van der Waals surface area contributed by atoms with E-state index in [1.807, 2.05) is 6.55 Å². The van der Waals surface area contributed by atoms with Crippen LogP contribution in [0.1, 0.15) is 19.8 Å². The lowest BCUT2D eigenvalue weighted by Gasteiger charge is -2.39. The van der Waals surface area contributed by atoms with Crippen molar-refractivity contribution in [1.82, 2.24) is 0 Å². The maximum Gasteiger partial charge on any atom is 0.311 e. The molecule has 128 valence electrons. The number of hydrogen-bond acceptors (Lipinski definition) is 2. The molecule has 0 saturated heterocycles. The highest BCUT2D eigenvalue weighted by atomic mass is 35.7. The van der Waals surface area contributed by atoms with Gasteiger partial charge in [-0.2, -0.15) is 0 Å². The van der Waals surface area contributed by atoms with Crippen LogP contribution in [-0.4, -0.2) is 31.9 Å². The first-order valence-electron chi connectivity index (χ1n) is 7.96. The van der Waals surface area contributed by atoms with Gasteiger partial charge in [0.2, 0.25) is 6.69 Å². The Bertz CT molecular complexity index is 318. The first-order chi connectivity index (χ1) is 9.18. The summed E-state index contributed by atoms with van der Waals surface area (Å²) in [4.78, 5) is 0. The summed E-state index contributed by atoms with van der Waals surface area (Å²) in [5, 5.41) is 0. The monoisotopic (exact) mass is 404 g/mol. The number of halogens is 2. The van der Waals surface area contributed by atoms with E-state index < -0.39 is 31.9 Å². The first kappa shape index (κ1) is 22.4. The Morgan fingerprint density at radius 2 is 1.14 bits per heavy atom. The van der Waals surface area contributed by atoms with Crippen LogP contribution < -0.4 is 0 Å². The third kappa shape index (κ3) is 12.5. The van der Waals surface area contributed by atoms with Crippen molar-refractivity contribution < 1.29 is 8.23 Å². The summed E-state index contributed by atoms with van der Waals surface area (Å²) in [6, 6.07) is 3.16. The maximum absolute atomic E-state index is 6.53. The van der Waals surface area contributed by atoms with E-state index in [0.717, 1.165) is 12.1 Å². The second-order valence-corrected chi connectivity index (χ2v) is 28.5. The summed E-state index contributed by atoms with van der Waals surface area (Å²) >= 11 is 12.5. The van der Waals surface area contributed by atoms with Crippen molar-refractivity contribution in [3.8, 4) is 0 Å². The third-order valence-corrected chi connectivity index (χ3v) is 17.5. The molecular weight excluding hydrogens is 371 g/mol. The molecule has 0 bridgehead atoms. The SMILES string of the molecule is CCCC[Si](C)(C)O[Si](C)(C)O[Si](C)(C)CC[Si](C)(Cl)Cl. The van der Waals surface area contributed by atoms with Gasteiger partial charge in [0, 0.05) is 0 Å². The molecule has 8 heteroatoms. The zero-order valence-electron chi connectivity index (χ0n) is 15.1. The zero-order valence-corrected chi connectivity index (χ0v) is 20.6. The van der Waals surface area contributed by atoms with Crippen molar-refractivity contribution in [3.63, 3.8) is 0 Å². The highest BCUT2D eigenvalue weighted by Crippen LogP contribution is 2.30. The predicted molar refractivity (Wildman–Crippen MR) is 107 cm³/mol. The molecule has 0 heterocycles. The largest absolute Gasteiger partial charge is 0.437 e. The Morgan fingerprint density at radius 3 is 1.52 bits per heavy atom. The fourth-order valence-corrected chi connectivity index (χ4v) is 21.7. The molecule has 0 rings (SSSR count). The van der Waals surface area contributed by atoms with Gasteiger partial charge in [-0.25, -0.2) is 0 Å². The van der Waals surface area contributed by atoms with Gasteiger partial charge in [-0.15, -0.1) is 22.2 Å². The lowest BCUT2D eigenvalue weighted by Crippen LogP contribution is -2.52. The molecule has 0 fully saturated rings. The molecule has 0 amide bonds. The Labute approximate surface area is 145 Å². The van der Waals surface area contributed by atoms with Crippen molar-refractivity contribution in [3.05, 3.63) is 0 Å². The van der Waals surface area contributed by atoms with Gasteiger partial charge in [0.15, 0.2) is 16.6 Å². The van der Waals surface area contributed by atoms with E-state index in [1.54, 1.807) is 0 Å². The minimum absolute atomic E-state index is 0.913. The molecule has 0 unspecified atom stereocenters. The molecule has 0 aliphatic carbocycles. The Hall–Kier alpha value is 1.37. The van der Waals surface area contributed by atoms with Crippen LogP contribution in [0, 0.1) is 0 Å². The molecular formula is C13H34Cl2O2Si4. The Balaban J connectivity index is 4.56. The summed E-state index contributed by atoms with van der Waals surface area (Å²) < 4.78 is 13.1. The Kier molecular flexibility index (Phi) is 9.01. The van der Waals surface area contributed by atoms with Crippen LogP contribution in [0.25, 0.3) is 0 Å². The smallest absolute Gasteiger partial charge is 0.311 e. The normalized spacial score (nSPS) is 14.6. The van der Waals surface area contributed by atoms with Gasteiger partial charge in [-0.1, -0.05) is 19.8 Å². The molecule has 0 radical (unpaired) electrons. The second kappa shape index (κ2) is 8.46. The maximum atomic E-state index is 6.53. The van der Waals surface area contributed by atoms with E-state index in [9.17, 15) is 0 Å². The van der Waals surface area contributed by atoms with Crippen LogP contribution in [0.5, 0.6) is 0 Å². The van der Waals surface area contributed by atoms with Crippen molar-refractivity contribution in [1.29, 1.82) is 0 Å². The number of unbranched alkanes of at least 4 members (excludes halogenated alkanes) is 1. The molecule has 0 saturated carbocycles. The minimum atomic E-state index is -2.07. The lowest BCUT2D eigenvalue weighted by molar-refractivity contribution is 0.388. The van der Waals surface area contributed by atoms with E-state index in [4.69, 9.17) is 30.4 Å². The molecule has 0 aromatic heterocycles. The van der Waals surface area contributed by atoms with Gasteiger partial charge in [-0.3, -0.25) is 0 Å². The number of rotatable bonds is 10. The lowest BCUT2D eigenvalue weighted by atomic mass is 10.4. The van der Waals surface area contributed by atoms with Crippen LogP contribution >= 0.6 is 22.2 Å². The van der Waals surface area contributed by atoms with E-state index in [2.05, 4.69) is 46.2 Å². The molecule has 0 spiro atoms. The fraction of sp³-hybridized carbons (Fsp3) is 1.00. The van der Waals surface area contributed by atoms with Crippen LogP contribution in [-0.2, 0) is 8.23 Å². The number of hydrogen-bond donors (Lipinski definition) is 0. The van der Waals surface area contributed by atoms with Crippen LogP contribution in [0.15, 0.2) is 0 Å². The molecule has 21 heavy (non-hydrogen) atoms. The molecule has 0 aliphatic heterocycles. The summed E-state index contributed by atoms with van der Waals surface area (Å²) in [5.74, 6) is 0. The summed E-state index contributed by atoms with van der Waals surface area (Å²) in [6.07, 6.45) is 2.49. The highest BCUT2D eigenvalue weighted by molar-refractivity contribution is 7.45. The topological polar surface area (TPSA) is 18.5 Å².